The number of rotatable bonds is 6. The smallest absolute Gasteiger partial charge is 0.191 e. The second-order valence-corrected chi connectivity index (χ2v) is 5.96. The number of hydrogen-bond donors (Lipinski definition) is 2. The van der Waals surface area contributed by atoms with Gasteiger partial charge in [-0.2, -0.15) is 0 Å². The van der Waals surface area contributed by atoms with Crippen molar-refractivity contribution < 1.29 is 13.9 Å². The molecule has 2 aromatic rings. The molecule has 2 N–H and O–H groups in total. The van der Waals surface area contributed by atoms with Crippen LogP contribution in [0.2, 0.25) is 5.02 Å². The van der Waals surface area contributed by atoms with Gasteiger partial charge in [0.05, 0.1) is 11.3 Å². The molecule has 7 heteroatoms. The Kier molecular flexibility index (Phi) is 6.06. The topological polar surface area (TPSA) is 68.0 Å². The maximum absolute atomic E-state index is 6.27. The number of ether oxygens (including phenoxy) is 2. The van der Waals surface area contributed by atoms with Crippen molar-refractivity contribution in [2.75, 3.05) is 26.3 Å². The third-order valence-electron chi connectivity index (χ3n) is 3.68. The summed E-state index contributed by atoms with van der Waals surface area (Å²) in [4.78, 5) is 4.50. The van der Waals surface area contributed by atoms with Gasteiger partial charge in [-0.3, -0.25) is 0 Å². The molecule has 2 heterocycles. The maximum atomic E-state index is 6.27. The van der Waals surface area contributed by atoms with Crippen molar-refractivity contribution >= 4 is 17.6 Å². The highest BCUT2D eigenvalue weighted by molar-refractivity contribution is 6.32. The summed E-state index contributed by atoms with van der Waals surface area (Å²) in [5.41, 5.74) is 1.09. The summed E-state index contributed by atoms with van der Waals surface area (Å²) < 4.78 is 16.5. The molecule has 0 atom stereocenters. The van der Waals surface area contributed by atoms with Gasteiger partial charge >= 0.3 is 0 Å². The number of aliphatic imine (C=N–C) groups is 1. The van der Waals surface area contributed by atoms with E-state index in [1.165, 1.54) is 0 Å². The average molecular weight is 364 g/mol. The third kappa shape index (κ3) is 4.82. The first-order valence-electron chi connectivity index (χ1n) is 8.39. The van der Waals surface area contributed by atoms with Crippen LogP contribution in [0.4, 0.5) is 0 Å². The Hall–Kier alpha value is -2.34. The monoisotopic (exact) mass is 363 g/mol. The molecule has 0 aliphatic carbocycles. The predicted molar refractivity (Wildman–Crippen MR) is 97.7 cm³/mol. The molecule has 3 rings (SSSR count). The van der Waals surface area contributed by atoms with Gasteiger partial charge in [0.15, 0.2) is 17.5 Å². The number of furan rings is 1. The lowest BCUT2D eigenvalue weighted by atomic mass is 10.1. The van der Waals surface area contributed by atoms with Crippen LogP contribution in [-0.4, -0.2) is 32.3 Å². The van der Waals surface area contributed by atoms with Crippen molar-refractivity contribution in [3.63, 3.8) is 0 Å². The molecule has 134 valence electrons. The van der Waals surface area contributed by atoms with Gasteiger partial charge in [0.2, 0.25) is 0 Å². The van der Waals surface area contributed by atoms with Crippen molar-refractivity contribution in [1.29, 1.82) is 0 Å². The molecule has 0 unspecified atom stereocenters. The molecule has 0 fully saturated rings. The summed E-state index contributed by atoms with van der Waals surface area (Å²) >= 11 is 6.27. The van der Waals surface area contributed by atoms with Crippen molar-refractivity contribution in [2.45, 2.75) is 19.9 Å². The lowest BCUT2D eigenvalue weighted by molar-refractivity contribution is 0.171. The minimum absolute atomic E-state index is 0.498. The summed E-state index contributed by atoms with van der Waals surface area (Å²) in [5.74, 6) is 2.93. The highest BCUT2D eigenvalue weighted by Crippen LogP contribution is 2.38. The second-order valence-electron chi connectivity index (χ2n) is 5.55. The van der Waals surface area contributed by atoms with Gasteiger partial charge in [0, 0.05) is 13.1 Å². The van der Waals surface area contributed by atoms with Crippen molar-refractivity contribution in [3.8, 4) is 11.5 Å². The summed E-state index contributed by atoms with van der Waals surface area (Å²) in [7, 11) is 0. The summed E-state index contributed by atoms with van der Waals surface area (Å²) in [6.45, 7) is 5.13. The Labute approximate surface area is 152 Å². The molecule has 1 aliphatic rings. The first-order chi connectivity index (χ1) is 12.3. The van der Waals surface area contributed by atoms with Crippen LogP contribution < -0.4 is 20.1 Å². The van der Waals surface area contributed by atoms with Crippen molar-refractivity contribution in [3.05, 3.63) is 46.9 Å². The minimum Gasteiger partial charge on any atom is -0.486 e. The first-order valence-corrected chi connectivity index (χ1v) is 8.76. The molecular weight excluding hydrogens is 342 g/mol. The minimum atomic E-state index is 0.498. The van der Waals surface area contributed by atoms with Gasteiger partial charge < -0.3 is 24.5 Å². The molecule has 25 heavy (non-hydrogen) atoms. The molecule has 0 saturated carbocycles. The van der Waals surface area contributed by atoms with E-state index in [1.54, 1.807) is 6.26 Å². The van der Waals surface area contributed by atoms with Gasteiger partial charge in [0.1, 0.15) is 25.5 Å². The SMILES string of the molecule is CCNC(=NCc1ccco1)NCCc1cc(Cl)c2c(c1)OCCO2. The van der Waals surface area contributed by atoms with Crippen molar-refractivity contribution in [1.82, 2.24) is 10.6 Å². The van der Waals surface area contributed by atoms with E-state index in [1.807, 2.05) is 31.2 Å². The molecule has 0 saturated heterocycles. The zero-order chi connectivity index (χ0) is 17.5. The van der Waals surface area contributed by atoms with Gasteiger partial charge in [-0.05, 0) is 43.2 Å². The van der Waals surface area contributed by atoms with Crippen molar-refractivity contribution in [2.24, 2.45) is 4.99 Å². The Morgan fingerprint density at radius 2 is 2.12 bits per heavy atom. The molecule has 1 aromatic carbocycles. The van der Waals surface area contributed by atoms with Crippen LogP contribution in [-0.2, 0) is 13.0 Å². The number of fused-ring (bicyclic) bond motifs is 1. The van der Waals surface area contributed by atoms with Crippen LogP contribution in [0.15, 0.2) is 39.9 Å². The largest absolute Gasteiger partial charge is 0.486 e. The number of hydrogen-bond acceptors (Lipinski definition) is 4. The summed E-state index contributed by atoms with van der Waals surface area (Å²) in [6, 6.07) is 7.67. The zero-order valence-corrected chi connectivity index (χ0v) is 14.9. The van der Waals surface area contributed by atoms with Crippen LogP contribution in [0.5, 0.6) is 11.5 Å². The maximum Gasteiger partial charge on any atom is 0.191 e. The van der Waals surface area contributed by atoms with Gasteiger partial charge in [0.25, 0.3) is 0 Å². The molecular formula is C18H22ClN3O3. The molecule has 6 nitrogen and oxygen atoms in total. The van der Waals surface area contributed by atoms with Crippen LogP contribution in [0, 0.1) is 0 Å². The molecule has 1 aromatic heterocycles. The van der Waals surface area contributed by atoms with Crippen LogP contribution >= 0.6 is 11.6 Å². The second kappa shape index (κ2) is 8.67. The van der Waals surface area contributed by atoms with Crippen LogP contribution in [0.25, 0.3) is 0 Å². The van der Waals surface area contributed by atoms with E-state index < -0.39 is 0 Å². The van der Waals surface area contributed by atoms with E-state index in [4.69, 9.17) is 25.5 Å². The van der Waals surface area contributed by atoms with Crippen LogP contribution in [0.1, 0.15) is 18.2 Å². The lowest BCUT2D eigenvalue weighted by Crippen LogP contribution is -2.38. The van der Waals surface area contributed by atoms with E-state index in [2.05, 4.69) is 15.6 Å². The average Bonchev–Trinajstić information content (AvgIpc) is 3.13. The van der Waals surface area contributed by atoms with E-state index >= 15 is 0 Å². The molecule has 0 amide bonds. The zero-order valence-electron chi connectivity index (χ0n) is 14.2. The number of nitrogens with zero attached hydrogens (tertiary/aromatic N) is 1. The molecule has 0 radical (unpaired) electrons. The van der Waals surface area contributed by atoms with Gasteiger partial charge in [-0.15, -0.1) is 0 Å². The van der Waals surface area contributed by atoms with E-state index in [9.17, 15) is 0 Å². The van der Waals surface area contributed by atoms with Gasteiger partial charge in [-0.25, -0.2) is 4.99 Å². The molecule has 0 spiro atoms. The quantitative estimate of drug-likeness (QED) is 0.610. The highest BCUT2D eigenvalue weighted by atomic mass is 35.5. The Morgan fingerprint density at radius 3 is 2.92 bits per heavy atom. The number of guanidine groups is 1. The fourth-order valence-corrected chi connectivity index (χ4v) is 2.82. The fraction of sp³-hybridized carbons (Fsp3) is 0.389. The predicted octanol–water partition coefficient (Wildman–Crippen LogP) is 3.00. The van der Waals surface area contributed by atoms with E-state index in [0.29, 0.717) is 36.3 Å². The van der Waals surface area contributed by atoms with Gasteiger partial charge in [-0.1, -0.05) is 11.6 Å². The summed E-state index contributed by atoms with van der Waals surface area (Å²) in [6.07, 6.45) is 2.44. The molecule has 1 aliphatic heterocycles. The fourth-order valence-electron chi connectivity index (χ4n) is 2.54. The Balaban J connectivity index is 1.56. The van der Waals surface area contributed by atoms with E-state index in [-0.39, 0.29) is 0 Å². The van der Waals surface area contributed by atoms with Crippen LogP contribution in [0.3, 0.4) is 0 Å². The Bertz CT molecular complexity index is 717. The number of halogens is 1. The Morgan fingerprint density at radius 1 is 1.24 bits per heavy atom. The molecule has 0 bridgehead atoms. The highest BCUT2D eigenvalue weighted by Gasteiger charge is 2.16. The first kappa shape index (κ1) is 17.5. The lowest BCUT2D eigenvalue weighted by Gasteiger charge is -2.20. The van der Waals surface area contributed by atoms with E-state index in [0.717, 1.165) is 36.8 Å². The number of nitrogens with one attached hydrogen (secondary N) is 2. The normalized spacial score (nSPS) is 13.6. The number of benzene rings is 1. The third-order valence-corrected chi connectivity index (χ3v) is 3.96. The standard InChI is InChI=1S/C18H22ClN3O3/c1-2-20-18(22-12-14-4-3-7-23-14)21-6-5-13-10-15(19)17-16(11-13)24-8-9-25-17/h3-4,7,10-11H,2,5-6,8-9,12H2,1H3,(H2,20,21,22). The summed E-state index contributed by atoms with van der Waals surface area (Å²) in [5, 5.41) is 7.12.